The number of amides is 1. The van der Waals surface area contributed by atoms with Gasteiger partial charge in [0.1, 0.15) is 0 Å². The van der Waals surface area contributed by atoms with Crippen molar-refractivity contribution in [3.05, 3.63) is 35.4 Å². The van der Waals surface area contributed by atoms with Crippen molar-refractivity contribution in [2.24, 2.45) is 0 Å². The molecule has 1 aliphatic rings. The van der Waals surface area contributed by atoms with E-state index in [1.807, 2.05) is 23.1 Å². The van der Waals surface area contributed by atoms with Gasteiger partial charge in [-0.1, -0.05) is 25.1 Å². The van der Waals surface area contributed by atoms with Crippen molar-refractivity contribution in [2.75, 3.05) is 19.6 Å². The molecule has 0 radical (unpaired) electrons. The topological polar surface area (TPSA) is 32.3 Å². The predicted molar refractivity (Wildman–Crippen MR) is 78.4 cm³/mol. The molecule has 3 nitrogen and oxygen atoms in total. The van der Waals surface area contributed by atoms with Gasteiger partial charge in [0.05, 0.1) is 0 Å². The van der Waals surface area contributed by atoms with E-state index in [4.69, 9.17) is 0 Å². The minimum Gasteiger partial charge on any atom is -0.338 e. The van der Waals surface area contributed by atoms with Crippen molar-refractivity contribution in [1.82, 2.24) is 10.2 Å². The van der Waals surface area contributed by atoms with Gasteiger partial charge in [-0.15, -0.1) is 0 Å². The minimum absolute atomic E-state index is 0.199. The minimum atomic E-state index is 0.199. The first-order valence-electron chi connectivity index (χ1n) is 7.33. The monoisotopic (exact) mass is 260 g/mol. The summed E-state index contributed by atoms with van der Waals surface area (Å²) in [5.74, 6) is 0.199. The van der Waals surface area contributed by atoms with Crippen LogP contribution in [0.1, 0.15) is 42.6 Å². The molecule has 2 rings (SSSR count). The first-order valence-corrected chi connectivity index (χ1v) is 7.33. The van der Waals surface area contributed by atoms with Crippen molar-refractivity contribution in [3.63, 3.8) is 0 Å². The van der Waals surface area contributed by atoms with E-state index in [0.717, 1.165) is 44.5 Å². The zero-order valence-electron chi connectivity index (χ0n) is 12.0. The Bertz CT molecular complexity index is 431. The summed E-state index contributed by atoms with van der Waals surface area (Å²) in [5.41, 5.74) is 2.09. The number of hydrogen-bond acceptors (Lipinski definition) is 2. The largest absolute Gasteiger partial charge is 0.338 e. The third-order valence-corrected chi connectivity index (χ3v) is 3.76. The molecule has 1 unspecified atom stereocenters. The number of hydrogen-bond donors (Lipinski definition) is 1. The van der Waals surface area contributed by atoms with Gasteiger partial charge < -0.3 is 10.2 Å². The molecule has 1 atom stereocenters. The van der Waals surface area contributed by atoms with E-state index in [1.165, 1.54) is 5.56 Å². The van der Waals surface area contributed by atoms with Crippen LogP contribution in [0.15, 0.2) is 24.3 Å². The second-order valence-corrected chi connectivity index (χ2v) is 5.34. The number of nitrogens with zero attached hydrogens (tertiary/aromatic N) is 1. The summed E-state index contributed by atoms with van der Waals surface area (Å²) in [6.45, 7) is 7.13. The highest BCUT2D eigenvalue weighted by Crippen LogP contribution is 2.18. The predicted octanol–water partition coefficient (Wildman–Crippen LogP) is 2.46. The number of benzene rings is 1. The van der Waals surface area contributed by atoms with Gasteiger partial charge in [0.15, 0.2) is 0 Å². The van der Waals surface area contributed by atoms with Gasteiger partial charge in [0, 0.05) is 24.7 Å². The highest BCUT2D eigenvalue weighted by molar-refractivity contribution is 5.96. The Balaban J connectivity index is 1.88. The van der Waals surface area contributed by atoms with Gasteiger partial charge in [0.25, 0.3) is 5.91 Å². The molecule has 1 amide bonds. The van der Waals surface area contributed by atoms with Crippen LogP contribution < -0.4 is 5.32 Å². The van der Waals surface area contributed by atoms with E-state index < -0.39 is 0 Å². The molecule has 0 bridgehead atoms. The Morgan fingerprint density at radius 3 is 2.95 bits per heavy atom. The lowest BCUT2D eigenvalue weighted by atomic mass is 9.99. The van der Waals surface area contributed by atoms with E-state index in [1.54, 1.807) is 0 Å². The maximum Gasteiger partial charge on any atom is 0.254 e. The molecule has 3 heteroatoms. The van der Waals surface area contributed by atoms with Crippen LogP contribution in [0.3, 0.4) is 0 Å². The van der Waals surface area contributed by atoms with Crippen LogP contribution in [0, 0.1) is 0 Å². The van der Waals surface area contributed by atoms with Crippen LogP contribution in [0.25, 0.3) is 0 Å². The maximum absolute atomic E-state index is 12.3. The van der Waals surface area contributed by atoms with Crippen LogP contribution in [0.4, 0.5) is 0 Å². The number of fused-ring (bicyclic) bond motifs is 1. The molecule has 1 aromatic rings. The van der Waals surface area contributed by atoms with Crippen LogP contribution >= 0.6 is 0 Å². The summed E-state index contributed by atoms with van der Waals surface area (Å²) in [7, 11) is 0. The molecule has 0 aliphatic carbocycles. The first kappa shape index (κ1) is 14.1. The normalized spacial score (nSPS) is 16.3. The van der Waals surface area contributed by atoms with Crippen molar-refractivity contribution in [1.29, 1.82) is 0 Å². The van der Waals surface area contributed by atoms with Crippen molar-refractivity contribution >= 4 is 5.91 Å². The van der Waals surface area contributed by atoms with Crippen molar-refractivity contribution in [3.8, 4) is 0 Å². The van der Waals surface area contributed by atoms with E-state index in [-0.39, 0.29) is 5.91 Å². The van der Waals surface area contributed by atoms with Crippen LogP contribution in [0.2, 0.25) is 0 Å². The summed E-state index contributed by atoms with van der Waals surface area (Å²) < 4.78 is 0. The van der Waals surface area contributed by atoms with Gasteiger partial charge in [-0.25, -0.2) is 0 Å². The van der Waals surface area contributed by atoms with E-state index in [9.17, 15) is 4.79 Å². The molecule has 0 aromatic heterocycles. The van der Waals surface area contributed by atoms with E-state index in [2.05, 4.69) is 25.2 Å². The fourth-order valence-electron chi connectivity index (χ4n) is 2.53. The summed E-state index contributed by atoms with van der Waals surface area (Å²) in [4.78, 5) is 14.3. The molecular weight excluding hydrogens is 236 g/mol. The Hall–Kier alpha value is -1.35. The molecular formula is C16H24N2O. The van der Waals surface area contributed by atoms with Gasteiger partial charge in [0.2, 0.25) is 0 Å². The molecule has 0 saturated heterocycles. The zero-order valence-corrected chi connectivity index (χ0v) is 12.0. The molecule has 0 saturated carbocycles. The molecule has 1 aliphatic heterocycles. The molecule has 0 fully saturated rings. The molecule has 1 aromatic carbocycles. The zero-order chi connectivity index (χ0) is 13.7. The lowest BCUT2D eigenvalue weighted by molar-refractivity contribution is 0.0734. The highest BCUT2D eigenvalue weighted by Gasteiger charge is 2.23. The average molecular weight is 260 g/mol. The lowest BCUT2D eigenvalue weighted by Crippen LogP contribution is -2.40. The third kappa shape index (κ3) is 3.57. The highest BCUT2D eigenvalue weighted by atomic mass is 16.2. The van der Waals surface area contributed by atoms with E-state index >= 15 is 0 Å². The maximum atomic E-state index is 12.3. The molecule has 0 spiro atoms. The van der Waals surface area contributed by atoms with Crippen molar-refractivity contribution in [2.45, 2.75) is 39.2 Å². The Morgan fingerprint density at radius 1 is 1.37 bits per heavy atom. The summed E-state index contributed by atoms with van der Waals surface area (Å²) in [6, 6.07) is 8.45. The SMILES string of the molecule is CCCNC(C)CCN1CCc2ccccc2C1=O. The number of rotatable bonds is 6. The van der Waals surface area contributed by atoms with Gasteiger partial charge in [-0.2, -0.15) is 0 Å². The lowest BCUT2D eigenvalue weighted by Gasteiger charge is -2.29. The summed E-state index contributed by atoms with van der Waals surface area (Å²) in [6.07, 6.45) is 3.16. The first-order chi connectivity index (χ1) is 9.22. The van der Waals surface area contributed by atoms with E-state index in [0.29, 0.717) is 6.04 Å². The fourth-order valence-corrected chi connectivity index (χ4v) is 2.53. The second-order valence-electron chi connectivity index (χ2n) is 5.34. The Labute approximate surface area is 116 Å². The molecule has 104 valence electrons. The molecule has 1 heterocycles. The van der Waals surface area contributed by atoms with Gasteiger partial charge in [-0.3, -0.25) is 4.79 Å². The van der Waals surface area contributed by atoms with Crippen LogP contribution in [-0.4, -0.2) is 36.5 Å². The smallest absolute Gasteiger partial charge is 0.254 e. The molecule has 1 N–H and O–H groups in total. The average Bonchev–Trinajstić information content (AvgIpc) is 2.44. The van der Waals surface area contributed by atoms with Gasteiger partial charge >= 0.3 is 0 Å². The summed E-state index contributed by atoms with van der Waals surface area (Å²) >= 11 is 0. The Morgan fingerprint density at radius 2 is 2.16 bits per heavy atom. The number of carbonyl (C=O) groups excluding carboxylic acids is 1. The quantitative estimate of drug-likeness (QED) is 0.852. The fraction of sp³-hybridized carbons (Fsp3) is 0.562. The summed E-state index contributed by atoms with van der Waals surface area (Å²) in [5, 5.41) is 3.47. The standard InChI is InChI=1S/C16H24N2O/c1-3-10-17-13(2)8-11-18-12-9-14-6-4-5-7-15(14)16(18)19/h4-7,13,17H,3,8-12H2,1-2H3. The van der Waals surface area contributed by atoms with Crippen LogP contribution in [-0.2, 0) is 6.42 Å². The molecule has 19 heavy (non-hydrogen) atoms. The third-order valence-electron chi connectivity index (χ3n) is 3.76. The Kier molecular flexibility index (Phi) is 4.97. The number of carbonyl (C=O) groups is 1. The van der Waals surface area contributed by atoms with Crippen molar-refractivity contribution < 1.29 is 4.79 Å². The second kappa shape index (κ2) is 6.71. The van der Waals surface area contributed by atoms with Gasteiger partial charge in [-0.05, 0) is 44.4 Å². The number of nitrogens with one attached hydrogen (secondary N) is 1. The van der Waals surface area contributed by atoms with Crippen LogP contribution in [0.5, 0.6) is 0 Å².